The van der Waals surface area contributed by atoms with E-state index in [0.29, 0.717) is 44.0 Å². The molecule has 1 amide bonds. The second-order valence-corrected chi connectivity index (χ2v) is 6.38. The number of aromatic nitrogens is 3. The zero-order chi connectivity index (χ0) is 18.0. The Labute approximate surface area is 156 Å². The van der Waals surface area contributed by atoms with Crippen LogP contribution in [0, 0.1) is 0 Å². The van der Waals surface area contributed by atoms with Crippen LogP contribution in [0.15, 0.2) is 15.7 Å². The minimum absolute atomic E-state index is 0. The number of hydrogen-bond acceptors (Lipinski definition) is 5. The van der Waals surface area contributed by atoms with Crippen LogP contribution < -0.4 is 22.3 Å². The average molecular weight is 382 g/mol. The molecular formula is C17H24ClN5O3. The van der Waals surface area contributed by atoms with Crippen molar-refractivity contribution in [3.8, 4) is 0 Å². The maximum atomic E-state index is 12.6. The Hall–Kier alpha value is -2.19. The summed E-state index contributed by atoms with van der Waals surface area (Å²) in [5, 5.41) is 2.95. The number of H-pyrrole nitrogens is 1. The van der Waals surface area contributed by atoms with Gasteiger partial charge in [0.05, 0.1) is 10.9 Å². The minimum atomic E-state index is -0.578. The van der Waals surface area contributed by atoms with Crippen molar-refractivity contribution < 1.29 is 4.79 Å². The topological polar surface area (TPSA) is 123 Å². The molecule has 0 spiro atoms. The molecule has 0 unspecified atom stereocenters. The SMILES string of the molecule is CCCn1c(=O)[nH]c(=O)c2c(C(=O)NCCCN)cc(C3CC3)nc21.Cl. The summed E-state index contributed by atoms with van der Waals surface area (Å²) in [6, 6.07) is 1.69. The molecule has 142 valence electrons. The van der Waals surface area contributed by atoms with Crippen molar-refractivity contribution >= 4 is 29.3 Å². The van der Waals surface area contributed by atoms with Crippen molar-refractivity contribution in [2.45, 2.75) is 45.1 Å². The maximum Gasteiger partial charge on any atom is 0.329 e. The van der Waals surface area contributed by atoms with Gasteiger partial charge in [-0.25, -0.2) is 9.78 Å². The van der Waals surface area contributed by atoms with E-state index in [0.717, 1.165) is 18.5 Å². The lowest BCUT2D eigenvalue weighted by Crippen LogP contribution is -2.34. The van der Waals surface area contributed by atoms with Gasteiger partial charge >= 0.3 is 5.69 Å². The van der Waals surface area contributed by atoms with Gasteiger partial charge in [0.15, 0.2) is 5.65 Å². The van der Waals surface area contributed by atoms with Crippen molar-refractivity contribution in [1.29, 1.82) is 0 Å². The smallest absolute Gasteiger partial charge is 0.329 e. The second kappa shape index (κ2) is 8.46. The van der Waals surface area contributed by atoms with Crippen molar-refractivity contribution in [2.75, 3.05) is 13.1 Å². The molecule has 2 heterocycles. The lowest BCUT2D eigenvalue weighted by atomic mass is 10.1. The number of carbonyl (C=O) groups is 1. The fourth-order valence-electron chi connectivity index (χ4n) is 2.89. The molecule has 9 heteroatoms. The Morgan fingerprint density at radius 3 is 2.77 bits per heavy atom. The van der Waals surface area contributed by atoms with Crippen molar-refractivity contribution in [2.24, 2.45) is 5.73 Å². The van der Waals surface area contributed by atoms with E-state index in [1.165, 1.54) is 4.57 Å². The molecule has 0 atom stereocenters. The fourth-order valence-corrected chi connectivity index (χ4v) is 2.89. The molecule has 8 nitrogen and oxygen atoms in total. The maximum absolute atomic E-state index is 12.6. The lowest BCUT2D eigenvalue weighted by Gasteiger charge is -2.13. The first-order valence-electron chi connectivity index (χ1n) is 8.72. The van der Waals surface area contributed by atoms with Gasteiger partial charge in [-0.2, -0.15) is 0 Å². The number of aryl methyl sites for hydroxylation is 1. The molecule has 1 aliphatic carbocycles. The van der Waals surface area contributed by atoms with Crippen LogP contribution in [0.2, 0.25) is 0 Å². The molecule has 0 saturated heterocycles. The Bertz CT molecular complexity index is 917. The number of halogens is 1. The number of nitrogens with one attached hydrogen (secondary N) is 2. The molecule has 0 radical (unpaired) electrons. The molecule has 1 aliphatic rings. The van der Waals surface area contributed by atoms with Gasteiger partial charge in [-0.3, -0.25) is 19.1 Å². The standard InChI is InChI=1S/C17H23N5O3.ClH/c1-2-8-22-14-13(16(24)21-17(22)25)11(15(23)19-7-3-6-18)9-12(20-14)10-4-5-10;/h9-10H,2-8,18H2,1H3,(H,19,23)(H,21,24,25);1H. The average Bonchev–Trinajstić information content (AvgIpc) is 3.42. The molecular weight excluding hydrogens is 358 g/mol. The summed E-state index contributed by atoms with van der Waals surface area (Å²) in [7, 11) is 0. The molecule has 0 aromatic carbocycles. The van der Waals surface area contributed by atoms with E-state index in [1.54, 1.807) is 6.07 Å². The number of hydrogen-bond donors (Lipinski definition) is 3. The molecule has 2 aromatic rings. The highest BCUT2D eigenvalue weighted by molar-refractivity contribution is 6.05. The van der Waals surface area contributed by atoms with E-state index in [1.807, 2.05) is 6.92 Å². The molecule has 26 heavy (non-hydrogen) atoms. The summed E-state index contributed by atoms with van der Waals surface area (Å²) in [4.78, 5) is 44.1. The summed E-state index contributed by atoms with van der Waals surface area (Å²) in [5.41, 5.74) is 5.72. The van der Waals surface area contributed by atoms with Gasteiger partial charge in [0.1, 0.15) is 0 Å². The van der Waals surface area contributed by atoms with Crippen LogP contribution in [0.5, 0.6) is 0 Å². The first-order chi connectivity index (χ1) is 12.1. The first-order valence-corrected chi connectivity index (χ1v) is 8.72. The van der Waals surface area contributed by atoms with Crippen molar-refractivity contribution in [3.05, 3.63) is 38.2 Å². The molecule has 3 rings (SSSR count). The number of aromatic amines is 1. The highest BCUT2D eigenvalue weighted by atomic mass is 35.5. The highest BCUT2D eigenvalue weighted by Gasteiger charge is 2.28. The number of rotatable bonds is 7. The van der Waals surface area contributed by atoms with Crippen LogP contribution in [-0.2, 0) is 6.54 Å². The number of nitrogens with two attached hydrogens (primary N) is 1. The van der Waals surface area contributed by atoms with Crippen molar-refractivity contribution in [1.82, 2.24) is 19.9 Å². The third-order valence-electron chi connectivity index (χ3n) is 4.32. The fraction of sp³-hybridized carbons (Fsp3) is 0.529. The number of amides is 1. The van der Waals surface area contributed by atoms with Crippen LogP contribution in [0.4, 0.5) is 0 Å². The molecule has 1 saturated carbocycles. The monoisotopic (exact) mass is 381 g/mol. The van der Waals surface area contributed by atoms with E-state index in [-0.39, 0.29) is 29.3 Å². The summed E-state index contributed by atoms with van der Waals surface area (Å²) < 4.78 is 1.44. The van der Waals surface area contributed by atoms with E-state index in [9.17, 15) is 14.4 Å². The Kier molecular flexibility index (Phi) is 6.55. The van der Waals surface area contributed by atoms with Crippen molar-refractivity contribution in [3.63, 3.8) is 0 Å². The Morgan fingerprint density at radius 1 is 1.42 bits per heavy atom. The number of fused-ring (bicyclic) bond motifs is 1. The summed E-state index contributed by atoms with van der Waals surface area (Å²) in [5.74, 6) is -0.0422. The predicted octanol–water partition coefficient (Wildman–Crippen LogP) is 0.873. The zero-order valence-electron chi connectivity index (χ0n) is 14.7. The molecule has 1 fully saturated rings. The third kappa shape index (κ3) is 3.96. The highest BCUT2D eigenvalue weighted by Crippen LogP contribution is 2.39. The van der Waals surface area contributed by atoms with Gasteiger partial charge in [-0.1, -0.05) is 6.92 Å². The molecule has 0 bridgehead atoms. The summed E-state index contributed by atoms with van der Waals surface area (Å²) in [6.07, 6.45) is 3.39. The summed E-state index contributed by atoms with van der Waals surface area (Å²) in [6.45, 7) is 3.28. The van der Waals surface area contributed by atoms with E-state index >= 15 is 0 Å². The van der Waals surface area contributed by atoms with Crippen LogP contribution >= 0.6 is 12.4 Å². The van der Waals surface area contributed by atoms with Crippen LogP contribution in [0.25, 0.3) is 11.0 Å². The molecule has 2 aromatic heterocycles. The van der Waals surface area contributed by atoms with Gasteiger partial charge in [-0.05, 0) is 38.3 Å². The minimum Gasteiger partial charge on any atom is -0.352 e. The van der Waals surface area contributed by atoms with E-state index < -0.39 is 11.2 Å². The first kappa shape index (κ1) is 20.1. The third-order valence-corrected chi connectivity index (χ3v) is 4.32. The zero-order valence-corrected chi connectivity index (χ0v) is 15.5. The number of carbonyl (C=O) groups excluding carboxylic acids is 1. The largest absolute Gasteiger partial charge is 0.352 e. The van der Waals surface area contributed by atoms with Crippen LogP contribution in [0.1, 0.15) is 54.6 Å². The van der Waals surface area contributed by atoms with E-state index in [2.05, 4.69) is 15.3 Å². The predicted molar refractivity (Wildman–Crippen MR) is 102 cm³/mol. The number of nitrogens with zero attached hydrogens (tertiary/aromatic N) is 2. The van der Waals surface area contributed by atoms with E-state index in [4.69, 9.17) is 5.73 Å². The molecule has 0 aliphatic heterocycles. The van der Waals surface area contributed by atoms with Crippen LogP contribution in [0.3, 0.4) is 0 Å². The Morgan fingerprint density at radius 2 is 2.15 bits per heavy atom. The Balaban J connectivity index is 0.00000243. The lowest BCUT2D eigenvalue weighted by molar-refractivity contribution is 0.0955. The van der Waals surface area contributed by atoms with Crippen LogP contribution in [-0.4, -0.2) is 33.5 Å². The quantitative estimate of drug-likeness (QED) is 0.614. The summed E-state index contributed by atoms with van der Waals surface area (Å²) >= 11 is 0. The normalized spacial score (nSPS) is 13.5. The number of pyridine rings is 1. The van der Waals surface area contributed by atoms with Gasteiger partial charge in [0.2, 0.25) is 0 Å². The van der Waals surface area contributed by atoms with Gasteiger partial charge in [0, 0.05) is 24.7 Å². The van der Waals surface area contributed by atoms with Gasteiger partial charge in [0.25, 0.3) is 11.5 Å². The van der Waals surface area contributed by atoms with Gasteiger partial charge < -0.3 is 11.1 Å². The molecule has 4 N–H and O–H groups in total. The van der Waals surface area contributed by atoms with Gasteiger partial charge in [-0.15, -0.1) is 12.4 Å². The second-order valence-electron chi connectivity index (χ2n) is 6.38.